The highest BCUT2D eigenvalue weighted by molar-refractivity contribution is 5.73. The van der Waals surface area contributed by atoms with Gasteiger partial charge in [-0.2, -0.15) is 0 Å². The molecule has 4 aliphatic rings. The molecule has 4 rings (SSSR count). The molecule has 0 radical (unpaired) electrons. The molecule has 0 saturated carbocycles. The quantitative estimate of drug-likeness (QED) is 0.285. The fourth-order valence-corrected chi connectivity index (χ4v) is 8.73. The third kappa shape index (κ3) is 7.93. The van der Waals surface area contributed by atoms with Gasteiger partial charge in [0.25, 0.3) is 0 Å². The molecule has 290 valence electrons. The maximum absolute atomic E-state index is 14.1. The van der Waals surface area contributed by atoms with Gasteiger partial charge in [-0.25, -0.2) is 0 Å². The number of cyclic esters (lactones) is 1. The lowest BCUT2D eigenvalue weighted by molar-refractivity contribution is -0.316. The van der Waals surface area contributed by atoms with Gasteiger partial charge < -0.3 is 58.5 Å². The van der Waals surface area contributed by atoms with E-state index in [-0.39, 0.29) is 25.0 Å². The topological polar surface area (TPSA) is 166 Å². The third-order valence-electron chi connectivity index (χ3n) is 12.0. The maximum Gasteiger partial charge on any atom is 0.311 e. The highest BCUT2D eigenvalue weighted by Gasteiger charge is 2.56. The van der Waals surface area contributed by atoms with Gasteiger partial charge in [0, 0.05) is 37.8 Å². The average Bonchev–Trinajstić information content (AvgIpc) is 3.37. The summed E-state index contributed by atoms with van der Waals surface area (Å²) in [5, 5.41) is 45.9. The van der Waals surface area contributed by atoms with Crippen LogP contribution >= 0.6 is 0 Å². The summed E-state index contributed by atoms with van der Waals surface area (Å²) in [5.74, 6) is -2.31. The largest absolute Gasteiger partial charge is 0.489 e. The minimum Gasteiger partial charge on any atom is -0.489 e. The Morgan fingerprint density at radius 1 is 0.960 bits per heavy atom. The van der Waals surface area contributed by atoms with Crippen molar-refractivity contribution >= 4 is 5.97 Å². The van der Waals surface area contributed by atoms with Crippen LogP contribution < -0.4 is 0 Å². The van der Waals surface area contributed by atoms with E-state index in [0.29, 0.717) is 18.6 Å². The number of hydrogen-bond donors (Lipinski definition) is 4. The smallest absolute Gasteiger partial charge is 0.311 e. The second-order valence-corrected chi connectivity index (χ2v) is 16.3. The SMILES string of the molecule is CC[C@@H]1OC(=O)[C@H](C)[C@H](O[C@H]2C[C@@](C)(OC)[C@@H](O)[C@H](C)O2)[C@H](C)[C@@H](O[C@@H]2O[C@H](C)C[C@H](N(C)C)[C@H]2O)[C@@]2(C)CC(C)=C(O2)[C@@H](C)[C@@H](O)[C@]1(C)O. The Labute approximate surface area is 298 Å². The number of nitrogens with zero attached hydrogens (tertiary/aromatic N) is 1. The molecule has 13 nitrogen and oxygen atoms in total. The molecular weight excluding hydrogens is 650 g/mol. The number of fused-ring (bicyclic) bond motifs is 2. The van der Waals surface area contributed by atoms with Crippen molar-refractivity contribution in [3.63, 3.8) is 0 Å². The number of aliphatic hydroxyl groups excluding tert-OH is 3. The van der Waals surface area contributed by atoms with E-state index >= 15 is 0 Å². The number of aliphatic hydroxyl groups is 4. The number of likely N-dealkylation sites (N-methyl/N-ethyl adjacent to an activating group) is 1. The number of carbonyl (C=O) groups excluding carboxylic acids is 1. The number of hydrogen-bond acceptors (Lipinski definition) is 13. The summed E-state index contributed by atoms with van der Waals surface area (Å²) in [6, 6.07) is -0.235. The molecular formula is C37H65NO12. The van der Waals surface area contributed by atoms with E-state index in [1.165, 1.54) is 14.0 Å². The highest BCUT2D eigenvalue weighted by atomic mass is 16.7. The van der Waals surface area contributed by atoms with E-state index in [1.54, 1.807) is 34.6 Å². The van der Waals surface area contributed by atoms with Crippen LogP contribution in [-0.2, 0) is 38.0 Å². The van der Waals surface area contributed by atoms with Gasteiger partial charge in [0.15, 0.2) is 12.6 Å². The van der Waals surface area contributed by atoms with Crippen LogP contribution in [0.5, 0.6) is 0 Å². The summed E-state index contributed by atoms with van der Waals surface area (Å²) in [4.78, 5) is 16.1. The molecule has 0 aromatic heterocycles. The Balaban J connectivity index is 1.84. The van der Waals surface area contributed by atoms with Crippen molar-refractivity contribution < 1.29 is 58.4 Å². The molecule has 0 amide bonds. The summed E-state index contributed by atoms with van der Waals surface area (Å²) in [6.07, 6.45) is -7.39. The molecule has 17 atom stereocenters. The first-order chi connectivity index (χ1) is 23.1. The standard InChI is InChI=1S/C37H65NO12/c1-14-25-37(10,43)30(40)20(4)28-18(2)16-36(9,50-28)32(49-34-27(39)24(38(11)12)15-19(3)45-34)21(5)29(22(6)33(42)47-25)48-26-17-35(8,44-13)31(41)23(7)46-26/h19-27,29-32,34,39-41,43H,14-17H2,1-13H3/t19-,20-,21+,22-,23+,24+,25+,26+,27-,29-,30-,31+,32-,34+,35-,36-,37-/m1/s1. The van der Waals surface area contributed by atoms with E-state index in [0.717, 1.165) is 5.57 Å². The van der Waals surface area contributed by atoms with Crippen LogP contribution in [0.15, 0.2) is 11.3 Å². The number of methoxy groups -OCH3 is 1. The van der Waals surface area contributed by atoms with E-state index in [2.05, 4.69) is 0 Å². The average molecular weight is 716 g/mol. The van der Waals surface area contributed by atoms with Crippen molar-refractivity contribution in [3.05, 3.63) is 11.3 Å². The van der Waals surface area contributed by atoms with E-state index in [9.17, 15) is 25.2 Å². The fourth-order valence-electron chi connectivity index (χ4n) is 8.73. The van der Waals surface area contributed by atoms with Crippen LogP contribution in [-0.4, -0.2) is 137 Å². The fraction of sp³-hybridized carbons (Fsp3) is 0.919. The van der Waals surface area contributed by atoms with Gasteiger partial charge in [-0.3, -0.25) is 4.79 Å². The lowest BCUT2D eigenvalue weighted by atomic mass is 9.78. The van der Waals surface area contributed by atoms with Crippen molar-refractivity contribution in [2.75, 3.05) is 21.2 Å². The maximum atomic E-state index is 14.1. The first-order valence-electron chi connectivity index (χ1n) is 18.3. The van der Waals surface area contributed by atoms with Crippen molar-refractivity contribution in [2.45, 2.75) is 179 Å². The Bertz CT molecular complexity index is 1210. The Kier molecular flexibility index (Phi) is 12.8. The number of esters is 1. The molecule has 0 unspecified atom stereocenters. The lowest BCUT2D eigenvalue weighted by Crippen LogP contribution is -2.60. The van der Waals surface area contributed by atoms with Crippen LogP contribution in [0.4, 0.5) is 0 Å². The Morgan fingerprint density at radius 3 is 2.18 bits per heavy atom. The third-order valence-corrected chi connectivity index (χ3v) is 12.0. The zero-order chi connectivity index (χ0) is 37.7. The van der Waals surface area contributed by atoms with E-state index in [4.69, 9.17) is 33.2 Å². The minimum atomic E-state index is -1.82. The monoisotopic (exact) mass is 715 g/mol. The van der Waals surface area contributed by atoms with Gasteiger partial charge >= 0.3 is 5.97 Å². The van der Waals surface area contributed by atoms with Crippen LogP contribution in [0.2, 0.25) is 0 Å². The second-order valence-electron chi connectivity index (χ2n) is 16.3. The molecule has 13 heteroatoms. The van der Waals surface area contributed by atoms with Crippen LogP contribution in [0.3, 0.4) is 0 Å². The van der Waals surface area contributed by atoms with E-state index in [1.807, 2.05) is 46.7 Å². The number of carbonyl (C=O) groups is 1. The van der Waals surface area contributed by atoms with Gasteiger partial charge in [0.1, 0.15) is 41.4 Å². The van der Waals surface area contributed by atoms with E-state index < -0.39 is 95.8 Å². The summed E-state index contributed by atoms with van der Waals surface area (Å²) < 4.78 is 44.6. The van der Waals surface area contributed by atoms with Gasteiger partial charge in [-0.05, 0) is 81.0 Å². The first kappa shape index (κ1) is 41.4. The molecule has 0 spiro atoms. The number of ether oxygens (including phenoxy) is 7. The summed E-state index contributed by atoms with van der Waals surface area (Å²) in [6.45, 7) is 18.0. The molecule has 3 saturated heterocycles. The predicted octanol–water partition coefficient (Wildman–Crippen LogP) is 2.89. The molecule has 0 aromatic rings. The van der Waals surface area contributed by atoms with Crippen LogP contribution in [0.1, 0.15) is 94.9 Å². The molecule has 4 aliphatic heterocycles. The van der Waals surface area contributed by atoms with Gasteiger partial charge in [0.2, 0.25) is 0 Å². The Hall–Kier alpha value is -1.39. The summed E-state index contributed by atoms with van der Waals surface area (Å²) in [5.41, 5.74) is -3.00. The van der Waals surface area contributed by atoms with Crippen LogP contribution in [0, 0.1) is 17.8 Å². The predicted molar refractivity (Wildman–Crippen MR) is 184 cm³/mol. The van der Waals surface area contributed by atoms with Gasteiger partial charge in [-0.15, -0.1) is 0 Å². The highest BCUT2D eigenvalue weighted by Crippen LogP contribution is 2.47. The van der Waals surface area contributed by atoms with Gasteiger partial charge in [-0.1, -0.05) is 20.8 Å². The zero-order valence-electron chi connectivity index (χ0n) is 32.4. The molecule has 50 heavy (non-hydrogen) atoms. The summed E-state index contributed by atoms with van der Waals surface area (Å²) >= 11 is 0. The zero-order valence-corrected chi connectivity index (χ0v) is 32.4. The normalized spacial score (nSPS) is 49.5. The lowest BCUT2D eigenvalue weighted by Gasteiger charge is -2.48. The van der Waals surface area contributed by atoms with Gasteiger partial charge in [0.05, 0.1) is 35.9 Å². The van der Waals surface area contributed by atoms with Crippen molar-refractivity contribution in [3.8, 4) is 0 Å². The molecule has 2 bridgehead atoms. The summed E-state index contributed by atoms with van der Waals surface area (Å²) in [7, 11) is 5.34. The molecule has 0 aromatic carbocycles. The van der Waals surface area contributed by atoms with Crippen molar-refractivity contribution in [1.82, 2.24) is 4.90 Å². The molecule has 4 heterocycles. The second kappa shape index (κ2) is 15.5. The molecule has 0 aliphatic carbocycles. The van der Waals surface area contributed by atoms with Crippen molar-refractivity contribution in [1.29, 1.82) is 0 Å². The Morgan fingerprint density at radius 2 is 1.60 bits per heavy atom. The molecule has 3 fully saturated rings. The number of rotatable bonds is 7. The van der Waals surface area contributed by atoms with Crippen LogP contribution in [0.25, 0.3) is 0 Å². The minimum absolute atomic E-state index is 0.173. The first-order valence-corrected chi connectivity index (χ1v) is 18.3. The molecule has 4 N–H and O–H groups in total. The van der Waals surface area contributed by atoms with Crippen molar-refractivity contribution in [2.24, 2.45) is 17.8 Å².